The Balaban J connectivity index is 2.18. The van der Waals surface area contributed by atoms with Crippen molar-refractivity contribution in [3.05, 3.63) is 52.5 Å². The second-order valence-corrected chi connectivity index (χ2v) is 4.39. The van der Waals surface area contributed by atoms with Crippen molar-refractivity contribution in [1.29, 1.82) is 0 Å². The van der Waals surface area contributed by atoms with Crippen molar-refractivity contribution >= 4 is 23.2 Å². The van der Waals surface area contributed by atoms with E-state index in [1.807, 2.05) is 0 Å². The van der Waals surface area contributed by atoms with Crippen LogP contribution in [-0.4, -0.2) is 22.0 Å². The minimum absolute atomic E-state index is 0.247. The fraction of sp³-hybridized carbons (Fsp3) is 0.0833. The molecule has 0 fully saturated rings. The average Bonchev–Trinajstić information content (AvgIpc) is 2.90. The quantitative estimate of drug-likeness (QED) is 0.879. The molecule has 0 aliphatic carbocycles. The Morgan fingerprint density at radius 1 is 1.28 bits per heavy atom. The number of aromatic nitrogens is 1. The first-order chi connectivity index (χ1) is 8.68. The van der Waals surface area contributed by atoms with Crippen LogP contribution in [0.25, 0.3) is 0 Å². The van der Waals surface area contributed by atoms with Gasteiger partial charge in [0.05, 0.1) is 0 Å². The van der Waals surface area contributed by atoms with Crippen molar-refractivity contribution in [2.75, 3.05) is 0 Å². The van der Waals surface area contributed by atoms with Crippen LogP contribution in [0.15, 0.2) is 41.9 Å². The molecular formula is C12H10N2O3S. The number of nitrogens with one attached hydrogen (secondary N) is 1. The third kappa shape index (κ3) is 2.72. The Labute approximate surface area is 107 Å². The van der Waals surface area contributed by atoms with E-state index in [2.05, 4.69) is 10.3 Å². The van der Waals surface area contributed by atoms with Gasteiger partial charge in [-0.05, 0) is 5.56 Å². The van der Waals surface area contributed by atoms with Crippen LogP contribution in [0.5, 0.6) is 0 Å². The van der Waals surface area contributed by atoms with Crippen LogP contribution in [0.3, 0.4) is 0 Å². The Bertz CT molecular complexity index is 540. The zero-order valence-corrected chi connectivity index (χ0v) is 10.1. The lowest BCUT2D eigenvalue weighted by atomic mass is 10.1. The highest BCUT2D eigenvalue weighted by atomic mass is 32.1. The topological polar surface area (TPSA) is 79.3 Å². The summed E-state index contributed by atoms with van der Waals surface area (Å²) in [6.45, 7) is 0. The number of carbonyl (C=O) groups excluding carboxylic acids is 1. The second kappa shape index (κ2) is 5.42. The lowest BCUT2D eigenvalue weighted by Gasteiger charge is -2.13. The molecule has 0 saturated carbocycles. The van der Waals surface area contributed by atoms with Gasteiger partial charge in [-0.2, -0.15) is 0 Å². The van der Waals surface area contributed by atoms with Crippen LogP contribution in [0.4, 0.5) is 0 Å². The van der Waals surface area contributed by atoms with Crippen LogP contribution in [-0.2, 0) is 4.79 Å². The van der Waals surface area contributed by atoms with E-state index in [0.29, 0.717) is 5.56 Å². The molecular weight excluding hydrogens is 252 g/mol. The summed E-state index contributed by atoms with van der Waals surface area (Å²) in [7, 11) is 0. The molecule has 1 amide bonds. The second-order valence-electron chi connectivity index (χ2n) is 3.49. The van der Waals surface area contributed by atoms with Gasteiger partial charge in [0.1, 0.15) is 0 Å². The van der Waals surface area contributed by atoms with Gasteiger partial charge in [0.15, 0.2) is 11.0 Å². The van der Waals surface area contributed by atoms with Crippen molar-refractivity contribution in [2.45, 2.75) is 6.04 Å². The summed E-state index contributed by atoms with van der Waals surface area (Å²) >= 11 is 1.16. The predicted octanol–water partition coefficient (Wildman–Crippen LogP) is 1.70. The Hall–Kier alpha value is -2.21. The summed E-state index contributed by atoms with van der Waals surface area (Å²) in [6, 6.07) is 7.47. The maximum atomic E-state index is 11.8. The molecule has 2 N–H and O–H groups in total. The first-order valence-corrected chi connectivity index (χ1v) is 6.04. The maximum Gasteiger partial charge on any atom is 0.330 e. The predicted molar refractivity (Wildman–Crippen MR) is 66.4 cm³/mol. The minimum Gasteiger partial charge on any atom is -0.479 e. The van der Waals surface area contributed by atoms with E-state index in [4.69, 9.17) is 5.11 Å². The number of thiazole rings is 1. The van der Waals surface area contributed by atoms with Gasteiger partial charge in [0.2, 0.25) is 0 Å². The minimum atomic E-state index is -1.11. The molecule has 0 spiro atoms. The van der Waals surface area contributed by atoms with Gasteiger partial charge in [0, 0.05) is 11.6 Å². The van der Waals surface area contributed by atoms with E-state index < -0.39 is 17.9 Å². The Morgan fingerprint density at radius 2 is 2.00 bits per heavy atom. The van der Waals surface area contributed by atoms with Gasteiger partial charge < -0.3 is 10.4 Å². The van der Waals surface area contributed by atoms with Gasteiger partial charge in [-0.3, -0.25) is 4.79 Å². The molecule has 1 atom stereocenters. The third-order valence-electron chi connectivity index (χ3n) is 2.28. The van der Waals surface area contributed by atoms with Crippen LogP contribution in [0.1, 0.15) is 21.4 Å². The van der Waals surface area contributed by atoms with E-state index in [9.17, 15) is 9.59 Å². The standard InChI is InChI=1S/C12H10N2O3S/c15-10(11-13-6-7-18-11)14-9(12(16)17)8-4-2-1-3-5-8/h1-7,9H,(H,14,15)(H,16,17). The smallest absolute Gasteiger partial charge is 0.330 e. The molecule has 92 valence electrons. The van der Waals surface area contributed by atoms with Crippen molar-refractivity contribution in [1.82, 2.24) is 10.3 Å². The average molecular weight is 262 g/mol. The van der Waals surface area contributed by atoms with Gasteiger partial charge >= 0.3 is 5.97 Å². The van der Waals surface area contributed by atoms with E-state index in [0.717, 1.165) is 11.3 Å². The van der Waals surface area contributed by atoms with Crippen molar-refractivity contribution in [3.63, 3.8) is 0 Å². The molecule has 1 unspecified atom stereocenters. The normalized spacial score (nSPS) is 11.8. The summed E-state index contributed by atoms with van der Waals surface area (Å²) in [5.41, 5.74) is 0.523. The summed E-state index contributed by atoms with van der Waals surface area (Å²) in [5.74, 6) is -1.59. The van der Waals surface area contributed by atoms with Crippen molar-refractivity contribution < 1.29 is 14.7 Å². The number of hydrogen-bond acceptors (Lipinski definition) is 4. The monoisotopic (exact) mass is 262 g/mol. The lowest BCUT2D eigenvalue weighted by Crippen LogP contribution is -2.33. The number of rotatable bonds is 4. The molecule has 5 nitrogen and oxygen atoms in total. The molecule has 0 saturated heterocycles. The number of nitrogens with zero attached hydrogens (tertiary/aromatic N) is 1. The molecule has 2 aromatic rings. The van der Waals surface area contributed by atoms with E-state index in [1.165, 1.54) is 6.20 Å². The summed E-state index contributed by atoms with van der Waals surface area (Å²) < 4.78 is 0. The molecule has 1 heterocycles. The summed E-state index contributed by atoms with van der Waals surface area (Å²) in [4.78, 5) is 26.8. The molecule has 2 rings (SSSR count). The first-order valence-electron chi connectivity index (χ1n) is 5.16. The molecule has 0 radical (unpaired) electrons. The van der Waals surface area contributed by atoms with Crippen LogP contribution < -0.4 is 5.32 Å². The largest absolute Gasteiger partial charge is 0.479 e. The van der Waals surface area contributed by atoms with Crippen LogP contribution in [0, 0.1) is 0 Å². The number of carboxylic acid groups (broad SMARTS) is 1. The Kier molecular flexibility index (Phi) is 3.69. The lowest BCUT2D eigenvalue weighted by molar-refractivity contribution is -0.139. The molecule has 1 aromatic carbocycles. The van der Waals surface area contributed by atoms with Crippen molar-refractivity contribution in [2.24, 2.45) is 0 Å². The number of amides is 1. The molecule has 0 aliphatic rings. The van der Waals surface area contributed by atoms with Gasteiger partial charge in [-0.25, -0.2) is 9.78 Å². The number of carboxylic acids is 1. The van der Waals surface area contributed by atoms with Gasteiger partial charge in [-0.1, -0.05) is 30.3 Å². The fourth-order valence-corrected chi connectivity index (χ4v) is 2.00. The maximum absolute atomic E-state index is 11.8. The van der Waals surface area contributed by atoms with Crippen molar-refractivity contribution in [3.8, 4) is 0 Å². The van der Waals surface area contributed by atoms with Gasteiger partial charge in [-0.15, -0.1) is 11.3 Å². The molecule has 18 heavy (non-hydrogen) atoms. The number of hydrogen-bond donors (Lipinski definition) is 2. The first kappa shape index (κ1) is 12.3. The number of aliphatic carboxylic acids is 1. The molecule has 0 bridgehead atoms. The third-order valence-corrected chi connectivity index (χ3v) is 3.05. The molecule has 1 aromatic heterocycles. The Morgan fingerprint density at radius 3 is 2.56 bits per heavy atom. The molecule has 6 heteroatoms. The zero-order valence-electron chi connectivity index (χ0n) is 9.24. The van der Waals surface area contributed by atoms with E-state index in [-0.39, 0.29) is 5.01 Å². The summed E-state index contributed by atoms with van der Waals surface area (Å²) in [5, 5.41) is 13.5. The highest BCUT2D eigenvalue weighted by molar-refractivity contribution is 7.11. The number of carbonyl (C=O) groups is 2. The highest BCUT2D eigenvalue weighted by Crippen LogP contribution is 2.14. The SMILES string of the molecule is O=C(NC(C(=O)O)c1ccccc1)c1nccs1. The highest BCUT2D eigenvalue weighted by Gasteiger charge is 2.23. The van der Waals surface area contributed by atoms with Crippen LogP contribution in [0.2, 0.25) is 0 Å². The van der Waals surface area contributed by atoms with E-state index >= 15 is 0 Å². The fourth-order valence-electron chi connectivity index (χ4n) is 1.46. The van der Waals surface area contributed by atoms with E-state index in [1.54, 1.807) is 35.7 Å². The molecule has 0 aliphatic heterocycles. The number of benzene rings is 1. The zero-order chi connectivity index (χ0) is 13.0. The summed E-state index contributed by atoms with van der Waals surface area (Å²) in [6.07, 6.45) is 1.50. The van der Waals surface area contributed by atoms with Crippen LogP contribution >= 0.6 is 11.3 Å². The van der Waals surface area contributed by atoms with Gasteiger partial charge in [0.25, 0.3) is 5.91 Å².